The van der Waals surface area contributed by atoms with E-state index in [4.69, 9.17) is 5.73 Å². The van der Waals surface area contributed by atoms with Crippen LogP contribution in [0.1, 0.15) is 23.1 Å². The van der Waals surface area contributed by atoms with Crippen molar-refractivity contribution in [1.82, 2.24) is 0 Å². The van der Waals surface area contributed by atoms with Gasteiger partial charge in [-0.2, -0.15) is 0 Å². The highest BCUT2D eigenvalue weighted by Crippen LogP contribution is 2.35. The average molecular weight is 282 g/mol. The summed E-state index contributed by atoms with van der Waals surface area (Å²) in [5.74, 6) is 1.23. The van der Waals surface area contributed by atoms with E-state index < -0.39 is 0 Å². The predicted octanol–water partition coefficient (Wildman–Crippen LogP) is 3.62. The molecule has 2 unspecified atom stereocenters. The van der Waals surface area contributed by atoms with Crippen LogP contribution in [0, 0.1) is 0 Å². The molecule has 0 spiro atoms. The van der Waals surface area contributed by atoms with Crippen LogP contribution in [0.3, 0.4) is 0 Å². The van der Waals surface area contributed by atoms with Gasteiger partial charge in [0.05, 0.1) is 11.0 Å². The van der Waals surface area contributed by atoms with Gasteiger partial charge in [0.25, 0.3) is 0 Å². The summed E-state index contributed by atoms with van der Waals surface area (Å²) in [6.07, 6.45) is 0. The van der Waals surface area contributed by atoms with Crippen molar-refractivity contribution >= 4 is 16.8 Å². The summed E-state index contributed by atoms with van der Waals surface area (Å²) in [4.78, 5) is 4.66. The maximum absolute atomic E-state index is 6.56. The van der Waals surface area contributed by atoms with Gasteiger partial charge in [-0.3, -0.25) is 4.99 Å². The van der Waals surface area contributed by atoms with Crippen LogP contribution in [0.15, 0.2) is 65.7 Å². The Morgan fingerprint density at radius 2 is 1.50 bits per heavy atom. The molecule has 102 valence electrons. The van der Waals surface area contributed by atoms with Gasteiger partial charge in [0.2, 0.25) is 0 Å². The zero-order valence-corrected chi connectivity index (χ0v) is 12.1. The van der Waals surface area contributed by atoms with Crippen molar-refractivity contribution in [2.45, 2.75) is 12.0 Å². The van der Waals surface area contributed by atoms with Crippen molar-refractivity contribution in [2.75, 3.05) is 12.3 Å². The molecule has 0 bridgehead atoms. The third-order valence-electron chi connectivity index (χ3n) is 3.58. The van der Waals surface area contributed by atoms with Crippen molar-refractivity contribution in [3.8, 4) is 0 Å². The lowest BCUT2D eigenvalue weighted by molar-refractivity contribution is 0.678. The molecule has 3 heteroatoms. The molecular formula is C17H18N2S. The highest BCUT2D eigenvalue weighted by molar-refractivity contribution is 8.14. The quantitative estimate of drug-likeness (QED) is 0.930. The Morgan fingerprint density at radius 1 is 0.900 bits per heavy atom. The zero-order valence-electron chi connectivity index (χ0n) is 11.3. The van der Waals surface area contributed by atoms with Gasteiger partial charge in [0.15, 0.2) is 0 Å². The zero-order chi connectivity index (χ0) is 13.8. The first-order valence-electron chi connectivity index (χ1n) is 6.89. The van der Waals surface area contributed by atoms with Crippen LogP contribution < -0.4 is 5.73 Å². The first-order valence-corrected chi connectivity index (χ1v) is 7.87. The molecule has 2 aromatic carbocycles. The second-order valence-electron chi connectivity index (χ2n) is 4.89. The van der Waals surface area contributed by atoms with E-state index in [0.29, 0.717) is 0 Å². The molecule has 2 N–H and O–H groups in total. The number of aliphatic imine (C=N–C) groups is 1. The maximum atomic E-state index is 6.56. The second kappa shape index (κ2) is 6.25. The minimum atomic E-state index is -0.0528. The Kier molecular flexibility index (Phi) is 4.19. The molecule has 0 aromatic heterocycles. The van der Waals surface area contributed by atoms with Gasteiger partial charge in [-0.15, -0.1) is 11.8 Å². The monoisotopic (exact) mass is 282 g/mol. The summed E-state index contributed by atoms with van der Waals surface area (Å²) in [5.41, 5.74) is 8.97. The van der Waals surface area contributed by atoms with Crippen LogP contribution in [0.4, 0.5) is 0 Å². The van der Waals surface area contributed by atoms with Crippen LogP contribution in [0.2, 0.25) is 0 Å². The molecule has 2 atom stereocenters. The van der Waals surface area contributed by atoms with E-state index in [2.05, 4.69) is 41.4 Å². The van der Waals surface area contributed by atoms with Crippen LogP contribution in [-0.2, 0) is 0 Å². The molecule has 0 fully saturated rings. The lowest BCUT2D eigenvalue weighted by Crippen LogP contribution is -2.24. The normalized spacial score (nSPS) is 17.6. The molecule has 0 saturated carbocycles. The van der Waals surface area contributed by atoms with E-state index in [1.807, 2.05) is 36.0 Å². The number of benzene rings is 2. The highest BCUT2D eigenvalue weighted by atomic mass is 32.2. The Labute approximate surface area is 124 Å². The first-order chi connectivity index (χ1) is 9.86. The standard InChI is InChI=1S/C17H18N2S/c18-16(14-9-5-2-6-10-14)15(17-19-11-12-20-17)13-7-3-1-4-8-13/h1-10,15-16H,11-12,18H2. The van der Waals surface area contributed by atoms with Crippen molar-refractivity contribution < 1.29 is 0 Å². The summed E-state index contributed by atoms with van der Waals surface area (Å²) in [5, 5.41) is 1.17. The molecule has 20 heavy (non-hydrogen) atoms. The molecule has 2 nitrogen and oxygen atoms in total. The SMILES string of the molecule is NC(c1ccccc1)C(C1=NCCS1)c1ccccc1. The van der Waals surface area contributed by atoms with Gasteiger partial charge < -0.3 is 5.73 Å². The summed E-state index contributed by atoms with van der Waals surface area (Å²) < 4.78 is 0. The summed E-state index contributed by atoms with van der Waals surface area (Å²) in [7, 11) is 0. The Bertz CT molecular complexity index is 580. The van der Waals surface area contributed by atoms with Gasteiger partial charge in [-0.1, -0.05) is 60.7 Å². The van der Waals surface area contributed by atoms with E-state index in [0.717, 1.165) is 17.9 Å². The molecule has 0 amide bonds. The number of rotatable bonds is 4. The van der Waals surface area contributed by atoms with Crippen molar-refractivity contribution in [2.24, 2.45) is 10.7 Å². The van der Waals surface area contributed by atoms with Crippen LogP contribution in [0.5, 0.6) is 0 Å². The fraction of sp³-hybridized carbons (Fsp3) is 0.235. The molecule has 2 aromatic rings. The number of nitrogens with two attached hydrogens (primary N) is 1. The smallest absolute Gasteiger partial charge is 0.0771 e. The maximum Gasteiger partial charge on any atom is 0.0771 e. The molecule has 1 aliphatic rings. The molecule has 3 rings (SSSR count). The fourth-order valence-electron chi connectivity index (χ4n) is 2.57. The first kappa shape index (κ1) is 13.4. The Hall–Kier alpha value is -1.58. The molecular weight excluding hydrogens is 264 g/mol. The van der Waals surface area contributed by atoms with E-state index in [1.165, 1.54) is 10.6 Å². The summed E-state index contributed by atoms with van der Waals surface area (Å²) in [6.45, 7) is 0.908. The van der Waals surface area contributed by atoms with E-state index >= 15 is 0 Å². The largest absolute Gasteiger partial charge is 0.323 e. The number of hydrogen-bond acceptors (Lipinski definition) is 3. The second-order valence-corrected chi connectivity index (χ2v) is 6.01. The highest BCUT2D eigenvalue weighted by Gasteiger charge is 2.28. The van der Waals surface area contributed by atoms with E-state index in [9.17, 15) is 0 Å². The predicted molar refractivity (Wildman–Crippen MR) is 87.3 cm³/mol. The van der Waals surface area contributed by atoms with Gasteiger partial charge in [0, 0.05) is 18.3 Å². The van der Waals surface area contributed by atoms with Crippen molar-refractivity contribution in [1.29, 1.82) is 0 Å². The average Bonchev–Trinajstić information content (AvgIpc) is 3.03. The minimum absolute atomic E-state index is 0.0528. The fourth-order valence-corrected chi connectivity index (χ4v) is 3.61. The lowest BCUT2D eigenvalue weighted by Gasteiger charge is -2.24. The molecule has 0 radical (unpaired) electrons. The molecule has 0 aliphatic carbocycles. The molecule has 0 saturated heterocycles. The van der Waals surface area contributed by atoms with Gasteiger partial charge >= 0.3 is 0 Å². The van der Waals surface area contributed by atoms with Crippen molar-refractivity contribution in [3.05, 3.63) is 71.8 Å². The minimum Gasteiger partial charge on any atom is -0.323 e. The topological polar surface area (TPSA) is 38.4 Å². The number of hydrogen-bond donors (Lipinski definition) is 1. The number of thioether (sulfide) groups is 1. The molecule has 1 heterocycles. The van der Waals surface area contributed by atoms with Crippen LogP contribution in [0.25, 0.3) is 0 Å². The van der Waals surface area contributed by atoms with Crippen molar-refractivity contribution in [3.63, 3.8) is 0 Å². The Morgan fingerprint density at radius 3 is 2.05 bits per heavy atom. The third kappa shape index (κ3) is 2.79. The Balaban J connectivity index is 1.98. The lowest BCUT2D eigenvalue weighted by atomic mass is 9.88. The van der Waals surface area contributed by atoms with Gasteiger partial charge in [-0.05, 0) is 11.1 Å². The van der Waals surface area contributed by atoms with E-state index in [1.54, 1.807) is 0 Å². The number of nitrogens with zero attached hydrogens (tertiary/aromatic N) is 1. The van der Waals surface area contributed by atoms with Gasteiger partial charge in [-0.25, -0.2) is 0 Å². The molecule has 1 aliphatic heterocycles. The van der Waals surface area contributed by atoms with Crippen LogP contribution >= 0.6 is 11.8 Å². The van der Waals surface area contributed by atoms with Crippen LogP contribution in [-0.4, -0.2) is 17.3 Å². The van der Waals surface area contributed by atoms with Gasteiger partial charge in [0.1, 0.15) is 0 Å². The summed E-state index contributed by atoms with van der Waals surface area (Å²) in [6, 6.07) is 20.7. The third-order valence-corrected chi connectivity index (χ3v) is 4.64. The summed E-state index contributed by atoms with van der Waals surface area (Å²) >= 11 is 1.84. The van der Waals surface area contributed by atoms with E-state index in [-0.39, 0.29) is 12.0 Å².